The Bertz CT molecular complexity index is 541. The van der Waals surface area contributed by atoms with E-state index in [0.717, 1.165) is 13.2 Å². The van der Waals surface area contributed by atoms with Gasteiger partial charge in [-0.1, -0.05) is 12.1 Å². The molecule has 2 aromatic rings. The Morgan fingerprint density at radius 3 is 3.05 bits per heavy atom. The van der Waals surface area contributed by atoms with E-state index in [1.54, 1.807) is 0 Å². The van der Waals surface area contributed by atoms with Crippen LogP contribution in [0, 0.1) is 0 Å². The Kier molecular flexibility index (Phi) is 3.85. The maximum atomic E-state index is 5.72. The van der Waals surface area contributed by atoms with Crippen molar-refractivity contribution in [2.45, 2.75) is 44.9 Å². The predicted molar refractivity (Wildman–Crippen MR) is 78.0 cm³/mol. The molecule has 0 spiro atoms. The van der Waals surface area contributed by atoms with Crippen LogP contribution in [-0.4, -0.2) is 17.3 Å². The van der Waals surface area contributed by atoms with Crippen LogP contribution in [0.2, 0.25) is 0 Å². The molecule has 0 amide bonds. The molecule has 2 N–H and O–H groups in total. The minimum atomic E-state index is 0.501. The molecule has 0 radical (unpaired) electrons. The van der Waals surface area contributed by atoms with Crippen LogP contribution in [0.5, 0.6) is 0 Å². The monoisotopic (exact) mass is 258 g/mol. The van der Waals surface area contributed by atoms with Crippen molar-refractivity contribution in [3.63, 3.8) is 0 Å². The number of nitrogens with two attached hydrogens (primary N) is 1. The van der Waals surface area contributed by atoms with Gasteiger partial charge in [-0.2, -0.15) is 0 Å². The Hall–Kier alpha value is -1.32. The molecule has 102 valence electrons. The molecule has 1 atom stereocenters. The van der Waals surface area contributed by atoms with Crippen molar-refractivity contribution in [2.24, 2.45) is 5.73 Å². The van der Waals surface area contributed by atoms with Gasteiger partial charge in [-0.25, -0.2) is 0 Å². The highest BCUT2D eigenvalue weighted by Crippen LogP contribution is 2.20. The number of hydrogen-bond acceptors (Lipinski definition) is 2. The lowest BCUT2D eigenvalue weighted by Gasteiger charge is -2.10. The van der Waals surface area contributed by atoms with E-state index in [9.17, 15) is 0 Å². The fourth-order valence-electron chi connectivity index (χ4n) is 2.91. The average Bonchev–Trinajstić information content (AvgIpc) is 3.08. The summed E-state index contributed by atoms with van der Waals surface area (Å²) in [4.78, 5) is 0. The maximum absolute atomic E-state index is 5.72. The van der Waals surface area contributed by atoms with Crippen molar-refractivity contribution >= 4 is 10.9 Å². The van der Waals surface area contributed by atoms with Gasteiger partial charge in [0.15, 0.2) is 0 Å². The number of aryl methyl sites for hydroxylation is 1. The molecule has 3 rings (SSSR count). The molecule has 1 saturated heterocycles. The van der Waals surface area contributed by atoms with Gasteiger partial charge in [0.1, 0.15) is 0 Å². The smallest absolute Gasteiger partial charge is 0.0576 e. The van der Waals surface area contributed by atoms with Crippen LogP contribution in [0.3, 0.4) is 0 Å². The molecular weight excluding hydrogens is 236 g/mol. The SMILES string of the molecule is NCc1ccc2ccn(CCCC3CCCO3)c2c1. The number of benzene rings is 1. The number of fused-ring (bicyclic) bond motifs is 1. The first-order valence-corrected chi connectivity index (χ1v) is 7.26. The van der Waals surface area contributed by atoms with Crippen LogP contribution in [-0.2, 0) is 17.8 Å². The summed E-state index contributed by atoms with van der Waals surface area (Å²) < 4.78 is 8.01. The molecule has 1 aliphatic heterocycles. The molecule has 3 heteroatoms. The van der Waals surface area contributed by atoms with Gasteiger partial charge < -0.3 is 15.0 Å². The van der Waals surface area contributed by atoms with Gasteiger partial charge in [0.2, 0.25) is 0 Å². The van der Waals surface area contributed by atoms with E-state index in [0.29, 0.717) is 12.6 Å². The van der Waals surface area contributed by atoms with E-state index in [-0.39, 0.29) is 0 Å². The van der Waals surface area contributed by atoms with Gasteiger partial charge in [-0.3, -0.25) is 0 Å². The minimum Gasteiger partial charge on any atom is -0.378 e. The molecule has 19 heavy (non-hydrogen) atoms. The second-order valence-electron chi connectivity index (χ2n) is 5.38. The van der Waals surface area contributed by atoms with Crippen LogP contribution >= 0.6 is 0 Å². The van der Waals surface area contributed by atoms with Crippen LogP contribution < -0.4 is 5.73 Å². The fourth-order valence-corrected chi connectivity index (χ4v) is 2.91. The van der Waals surface area contributed by atoms with Gasteiger partial charge in [0.05, 0.1) is 6.10 Å². The standard InChI is InChI=1S/C16H22N2O/c17-12-13-5-6-14-7-9-18(16(14)11-13)8-1-3-15-4-2-10-19-15/h5-7,9,11,15H,1-4,8,10,12,17H2. The zero-order valence-corrected chi connectivity index (χ0v) is 11.3. The number of hydrogen-bond donors (Lipinski definition) is 1. The van der Waals surface area contributed by atoms with Gasteiger partial charge >= 0.3 is 0 Å². The van der Waals surface area contributed by atoms with E-state index in [1.165, 1.54) is 42.1 Å². The van der Waals surface area contributed by atoms with Crippen LogP contribution in [0.4, 0.5) is 0 Å². The van der Waals surface area contributed by atoms with E-state index >= 15 is 0 Å². The van der Waals surface area contributed by atoms with Gasteiger partial charge in [-0.05, 0) is 48.8 Å². The summed E-state index contributed by atoms with van der Waals surface area (Å²) in [7, 11) is 0. The van der Waals surface area contributed by atoms with E-state index in [4.69, 9.17) is 10.5 Å². The van der Waals surface area contributed by atoms with Gasteiger partial charge in [-0.15, -0.1) is 0 Å². The summed E-state index contributed by atoms with van der Waals surface area (Å²) in [5.74, 6) is 0. The maximum Gasteiger partial charge on any atom is 0.0576 e. The molecule has 0 aliphatic carbocycles. The van der Waals surface area contributed by atoms with Crippen molar-refractivity contribution < 1.29 is 4.74 Å². The minimum absolute atomic E-state index is 0.501. The summed E-state index contributed by atoms with van der Waals surface area (Å²) in [5, 5.41) is 1.30. The molecule has 1 aliphatic rings. The summed E-state index contributed by atoms with van der Waals surface area (Å²) in [6.07, 6.45) is 7.51. The van der Waals surface area contributed by atoms with Gasteiger partial charge in [0, 0.05) is 31.4 Å². The average molecular weight is 258 g/mol. The zero-order valence-electron chi connectivity index (χ0n) is 11.3. The van der Waals surface area contributed by atoms with Crippen molar-refractivity contribution in [3.8, 4) is 0 Å². The summed E-state index contributed by atoms with van der Waals surface area (Å²) in [6, 6.07) is 8.66. The quantitative estimate of drug-likeness (QED) is 0.895. The zero-order chi connectivity index (χ0) is 13.1. The summed E-state index contributed by atoms with van der Waals surface area (Å²) in [5.41, 5.74) is 8.22. The second-order valence-corrected chi connectivity index (χ2v) is 5.38. The highest BCUT2D eigenvalue weighted by Gasteiger charge is 2.14. The Labute approximate surface area is 114 Å². The van der Waals surface area contributed by atoms with Crippen LogP contribution in [0.1, 0.15) is 31.2 Å². The fraction of sp³-hybridized carbons (Fsp3) is 0.500. The number of nitrogens with zero attached hydrogens (tertiary/aromatic N) is 1. The third kappa shape index (κ3) is 2.82. The first kappa shape index (κ1) is 12.7. The van der Waals surface area contributed by atoms with Crippen molar-refractivity contribution in [1.82, 2.24) is 4.57 Å². The molecule has 2 heterocycles. The normalized spacial score (nSPS) is 19.3. The van der Waals surface area contributed by atoms with E-state index < -0.39 is 0 Å². The molecular formula is C16H22N2O. The molecule has 0 bridgehead atoms. The molecule has 1 fully saturated rings. The Morgan fingerprint density at radius 2 is 2.26 bits per heavy atom. The van der Waals surface area contributed by atoms with E-state index in [1.807, 2.05) is 0 Å². The highest BCUT2D eigenvalue weighted by molar-refractivity contribution is 5.80. The van der Waals surface area contributed by atoms with Gasteiger partial charge in [0.25, 0.3) is 0 Å². The molecule has 1 aromatic carbocycles. The lowest BCUT2D eigenvalue weighted by Crippen LogP contribution is -2.07. The Balaban J connectivity index is 1.66. The number of rotatable bonds is 5. The topological polar surface area (TPSA) is 40.2 Å². The third-order valence-corrected chi connectivity index (χ3v) is 4.02. The first-order valence-electron chi connectivity index (χ1n) is 7.26. The van der Waals surface area contributed by atoms with Crippen molar-refractivity contribution in [1.29, 1.82) is 0 Å². The lowest BCUT2D eigenvalue weighted by molar-refractivity contribution is 0.101. The number of ether oxygens (including phenoxy) is 1. The first-order chi connectivity index (χ1) is 9.36. The molecule has 0 saturated carbocycles. The lowest BCUT2D eigenvalue weighted by atomic mass is 10.1. The van der Waals surface area contributed by atoms with Crippen LogP contribution in [0.25, 0.3) is 10.9 Å². The Morgan fingerprint density at radius 1 is 1.32 bits per heavy atom. The van der Waals surface area contributed by atoms with Crippen LogP contribution in [0.15, 0.2) is 30.5 Å². The number of aromatic nitrogens is 1. The molecule has 1 aromatic heterocycles. The van der Waals surface area contributed by atoms with E-state index in [2.05, 4.69) is 35.0 Å². The van der Waals surface area contributed by atoms with Crippen molar-refractivity contribution in [2.75, 3.05) is 6.61 Å². The third-order valence-electron chi connectivity index (χ3n) is 4.02. The van der Waals surface area contributed by atoms with Crippen molar-refractivity contribution in [3.05, 3.63) is 36.0 Å². The second kappa shape index (κ2) is 5.76. The summed E-state index contributed by atoms with van der Waals surface area (Å²) >= 11 is 0. The predicted octanol–water partition coefficient (Wildman–Crippen LogP) is 3.06. The summed E-state index contributed by atoms with van der Waals surface area (Å²) in [6.45, 7) is 2.63. The molecule has 1 unspecified atom stereocenters. The largest absolute Gasteiger partial charge is 0.378 e. The molecule has 3 nitrogen and oxygen atoms in total. The highest BCUT2D eigenvalue weighted by atomic mass is 16.5.